The summed E-state index contributed by atoms with van der Waals surface area (Å²) in [7, 11) is 0. The molecule has 0 radical (unpaired) electrons. The van der Waals surface area contributed by atoms with Crippen LogP contribution < -0.4 is 5.32 Å². The molecule has 0 fully saturated rings. The Hall–Kier alpha value is -3.76. The molecule has 0 saturated heterocycles. The summed E-state index contributed by atoms with van der Waals surface area (Å²) < 4.78 is 23.5. The fraction of sp³-hybridized carbons (Fsp3) is 0.278. The number of amides is 1. The monoisotopic (exact) mass is 407 g/mol. The summed E-state index contributed by atoms with van der Waals surface area (Å²) in [4.78, 5) is 48.8. The first kappa shape index (κ1) is 21.5. The molecule has 154 valence electrons. The molecule has 11 heteroatoms. The molecule has 0 unspecified atom stereocenters. The van der Waals surface area contributed by atoms with Crippen LogP contribution >= 0.6 is 0 Å². The number of H-pyrrole nitrogens is 1. The van der Waals surface area contributed by atoms with Crippen LogP contribution in [0.3, 0.4) is 0 Å². The highest BCUT2D eigenvalue weighted by atomic mass is 19.1. The van der Waals surface area contributed by atoms with Crippen LogP contribution in [0.2, 0.25) is 0 Å². The molecule has 29 heavy (non-hydrogen) atoms. The summed E-state index contributed by atoms with van der Waals surface area (Å²) in [6, 6.07) is 2.63. The van der Waals surface area contributed by atoms with Crippen molar-refractivity contribution in [3.05, 3.63) is 56.6 Å². The first-order chi connectivity index (χ1) is 13.6. The summed E-state index contributed by atoms with van der Waals surface area (Å²) >= 11 is 0. The second kappa shape index (κ2) is 8.95. The topological polar surface area (TPSA) is 141 Å². The lowest BCUT2D eigenvalue weighted by Crippen LogP contribution is -2.22. The predicted octanol–water partition coefficient (Wildman–Crippen LogP) is 2.65. The minimum Gasteiger partial charge on any atom is -0.462 e. The number of halogens is 1. The maximum Gasteiger partial charge on any atom is 0.355 e. The van der Waals surface area contributed by atoms with Crippen molar-refractivity contribution in [2.24, 2.45) is 0 Å². The third-order valence-electron chi connectivity index (χ3n) is 3.89. The number of carbonyl (C=O) groups is 3. The van der Waals surface area contributed by atoms with Crippen molar-refractivity contribution in [2.45, 2.75) is 20.8 Å². The number of aromatic amines is 1. The summed E-state index contributed by atoms with van der Waals surface area (Å²) in [6.07, 6.45) is 0. The number of anilines is 1. The normalized spacial score (nSPS) is 10.3. The number of benzene rings is 1. The van der Waals surface area contributed by atoms with E-state index in [1.165, 1.54) is 6.92 Å². The van der Waals surface area contributed by atoms with Crippen LogP contribution in [-0.4, -0.2) is 41.0 Å². The van der Waals surface area contributed by atoms with Gasteiger partial charge in [0.1, 0.15) is 11.5 Å². The van der Waals surface area contributed by atoms with E-state index in [0.29, 0.717) is 11.3 Å². The predicted molar refractivity (Wildman–Crippen MR) is 98.2 cm³/mol. The molecule has 0 aliphatic heterocycles. The van der Waals surface area contributed by atoms with Gasteiger partial charge >= 0.3 is 11.9 Å². The molecule has 0 spiro atoms. The fourth-order valence-corrected chi connectivity index (χ4v) is 2.58. The number of nitrogens with zero attached hydrogens (tertiary/aromatic N) is 1. The molecular formula is C18H18FN3O7. The number of esters is 2. The van der Waals surface area contributed by atoms with Gasteiger partial charge in [-0.2, -0.15) is 0 Å². The molecule has 1 heterocycles. The van der Waals surface area contributed by atoms with E-state index >= 15 is 0 Å². The van der Waals surface area contributed by atoms with Gasteiger partial charge in [0, 0.05) is 17.8 Å². The van der Waals surface area contributed by atoms with Crippen molar-refractivity contribution in [2.75, 3.05) is 18.5 Å². The molecular weight excluding hydrogens is 389 g/mol. The summed E-state index contributed by atoms with van der Waals surface area (Å²) in [5.74, 6) is -3.29. The number of aromatic nitrogens is 1. The zero-order chi connectivity index (χ0) is 21.7. The standard InChI is InChI=1S/C18H18FN3O7/c1-4-28-17(24)15-9(2)16(20-10(15)3)18(25)29-8-14(23)21-13-7-11(22(26)27)5-6-12(13)19/h5-7,20H,4,8H2,1-3H3,(H,21,23). The number of ether oxygens (including phenoxy) is 2. The second-order valence-electron chi connectivity index (χ2n) is 5.89. The zero-order valence-corrected chi connectivity index (χ0v) is 15.8. The molecule has 1 aromatic heterocycles. The Morgan fingerprint density at radius 3 is 2.52 bits per heavy atom. The van der Waals surface area contributed by atoms with E-state index in [4.69, 9.17) is 9.47 Å². The Morgan fingerprint density at radius 1 is 1.21 bits per heavy atom. The van der Waals surface area contributed by atoms with Gasteiger partial charge < -0.3 is 19.8 Å². The van der Waals surface area contributed by atoms with Crippen molar-refractivity contribution < 1.29 is 33.2 Å². The Kier molecular flexibility index (Phi) is 6.65. The molecule has 1 aromatic carbocycles. The Bertz CT molecular complexity index is 984. The fourth-order valence-electron chi connectivity index (χ4n) is 2.58. The van der Waals surface area contributed by atoms with Gasteiger partial charge in [-0.15, -0.1) is 0 Å². The average Bonchev–Trinajstić information content (AvgIpc) is 2.96. The van der Waals surface area contributed by atoms with Crippen molar-refractivity contribution in [1.29, 1.82) is 0 Å². The Morgan fingerprint density at radius 2 is 1.90 bits per heavy atom. The number of hydrogen-bond acceptors (Lipinski definition) is 7. The first-order valence-electron chi connectivity index (χ1n) is 8.42. The lowest BCUT2D eigenvalue weighted by molar-refractivity contribution is -0.384. The Labute approximate surface area is 164 Å². The third kappa shape index (κ3) is 4.94. The summed E-state index contributed by atoms with van der Waals surface area (Å²) in [5.41, 5.74) is 0.0355. The largest absolute Gasteiger partial charge is 0.462 e. The van der Waals surface area contributed by atoms with E-state index in [1.807, 2.05) is 0 Å². The molecule has 0 bridgehead atoms. The maximum atomic E-state index is 13.7. The van der Waals surface area contributed by atoms with Crippen LogP contribution in [0.5, 0.6) is 0 Å². The number of nitro groups is 1. The molecule has 0 atom stereocenters. The smallest absolute Gasteiger partial charge is 0.355 e. The van der Waals surface area contributed by atoms with Gasteiger partial charge in [0.15, 0.2) is 6.61 Å². The van der Waals surface area contributed by atoms with Crippen molar-refractivity contribution in [3.63, 3.8) is 0 Å². The number of nitro benzene ring substituents is 1. The van der Waals surface area contributed by atoms with Gasteiger partial charge in [-0.05, 0) is 32.4 Å². The molecule has 1 amide bonds. The summed E-state index contributed by atoms with van der Waals surface area (Å²) in [6.45, 7) is 4.14. The van der Waals surface area contributed by atoms with E-state index in [0.717, 1.165) is 18.2 Å². The van der Waals surface area contributed by atoms with Gasteiger partial charge in [-0.1, -0.05) is 0 Å². The maximum absolute atomic E-state index is 13.7. The highest BCUT2D eigenvalue weighted by Gasteiger charge is 2.24. The van der Waals surface area contributed by atoms with Crippen LogP contribution in [0.4, 0.5) is 15.8 Å². The number of carbonyl (C=O) groups excluding carboxylic acids is 3. The molecule has 0 aliphatic carbocycles. The zero-order valence-electron chi connectivity index (χ0n) is 15.8. The van der Waals surface area contributed by atoms with E-state index < -0.39 is 46.6 Å². The van der Waals surface area contributed by atoms with Crippen LogP contribution in [0.15, 0.2) is 18.2 Å². The van der Waals surface area contributed by atoms with E-state index in [-0.39, 0.29) is 17.9 Å². The van der Waals surface area contributed by atoms with Gasteiger partial charge in [0.05, 0.1) is 22.8 Å². The van der Waals surface area contributed by atoms with E-state index in [1.54, 1.807) is 13.8 Å². The second-order valence-corrected chi connectivity index (χ2v) is 5.89. The molecule has 0 aliphatic rings. The minimum atomic E-state index is -0.907. The third-order valence-corrected chi connectivity index (χ3v) is 3.89. The van der Waals surface area contributed by atoms with Gasteiger partial charge in [-0.25, -0.2) is 14.0 Å². The highest BCUT2D eigenvalue weighted by molar-refractivity contribution is 5.99. The average molecular weight is 407 g/mol. The van der Waals surface area contributed by atoms with Crippen LogP contribution in [-0.2, 0) is 14.3 Å². The molecule has 2 N–H and O–H groups in total. The number of hydrogen-bond donors (Lipinski definition) is 2. The number of rotatable bonds is 7. The van der Waals surface area contributed by atoms with Crippen LogP contribution in [0.1, 0.15) is 39.0 Å². The van der Waals surface area contributed by atoms with Crippen molar-refractivity contribution in [3.8, 4) is 0 Å². The van der Waals surface area contributed by atoms with Crippen molar-refractivity contribution in [1.82, 2.24) is 4.98 Å². The van der Waals surface area contributed by atoms with Gasteiger partial charge in [0.25, 0.3) is 11.6 Å². The van der Waals surface area contributed by atoms with Gasteiger partial charge in [-0.3, -0.25) is 14.9 Å². The SMILES string of the molecule is CCOC(=O)c1c(C)[nH]c(C(=O)OCC(=O)Nc2cc([N+](=O)[O-])ccc2F)c1C. The lowest BCUT2D eigenvalue weighted by atomic mass is 10.1. The van der Waals surface area contributed by atoms with Crippen LogP contribution in [0.25, 0.3) is 0 Å². The number of non-ortho nitro benzene ring substituents is 1. The quantitative estimate of drug-likeness (QED) is 0.408. The molecule has 2 rings (SSSR count). The van der Waals surface area contributed by atoms with E-state index in [9.17, 15) is 28.9 Å². The first-order valence-corrected chi connectivity index (χ1v) is 8.42. The molecule has 10 nitrogen and oxygen atoms in total. The molecule has 0 saturated carbocycles. The minimum absolute atomic E-state index is 0.0279. The molecule has 2 aromatic rings. The van der Waals surface area contributed by atoms with Gasteiger partial charge in [0.2, 0.25) is 0 Å². The Balaban J connectivity index is 2.05. The lowest BCUT2D eigenvalue weighted by Gasteiger charge is -2.07. The summed E-state index contributed by atoms with van der Waals surface area (Å²) in [5, 5.41) is 12.8. The number of nitrogens with one attached hydrogen (secondary N) is 2. The number of aryl methyl sites for hydroxylation is 1. The van der Waals surface area contributed by atoms with E-state index in [2.05, 4.69) is 10.3 Å². The van der Waals surface area contributed by atoms with Crippen LogP contribution in [0, 0.1) is 29.8 Å². The van der Waals surface area contributed by atoms with Crippen molar-refractivity contribution >= 4 is 29.2 Å². The highest BCUT2D eigenvalue weighted by Crippen LogP contribution is 2.22.